The van der Waals surface area contributed by atoms with Crippen LogP contribution in [-0.2, 0) is 9.59 Å². The van der Waals surface area contributed by atoms with E-state index in [0.717, 1.165) is 19.5 Å². The predicted octanol–water partition coefficient (Wildman–Crippen LogP) is 0.483. The lowest BCUT2D eigenvalue weighted by atomic mass is 9.89. The number of benzene rings is 1. The molecule has 0 bridgehead atoms. The highest BCUT2D eigenvalue weighted by Gasteiger charge is 2.37. The van der Waals surface area contributed by atoms with Crippen LogP contribution in [0.3, 0.4) is 0 Å². The van der Waals surface area contributed by atoms with Crippen LogP contribution in [0.4, 0.5) is 24.1 Å². The summed E-state index contributed by atoms with van der Waals surface area (Å²) in [6.07, 6.45) is 1.13. The topological polar surface area (TPSA) is 114 Å². The van der Waals surface area contributed by atoms with Crippen LogP contribution in [0.1, 0.15) is 30.7 Å². The molecule has 4 aliphatic rings. The number of hydrogen-bond acceptors (Lipinski definition) is 5. The molecule has 0 spiro atoms. The Labute approximate surface area is 194 Å². The first-order valence-electron chi connectivity index (χ1n) is 11.5. The van der Waals surface area contributed by atoms with Crippen molar-refractivity contribution in [1.82, 2.24) is 25.8 Å². The van der Waals surface area contributed by atoms with Crippen LogP contribution in [0.15, 0.2) is 12.1 Å². The van der Waals surface area contributed by atoms with Crippen molar-refractivity contribution in [3.05, 3.63) is 29.3 Å². The third kappa shape index (κ3) is 4.24. The zero-order valence-corrected chi connectivity index (χ0v) is 18.5. The van der Waals surface area contributed by atoms with Crippen LogP contribution in [-0.4, -0.2) is 85.0 Å². The first-order valence-corrected chi connectivity index (χ1v) is 11.5. The van der Waals surface area contributed by atoms with E-state index in [1.807, 2.05) is 0 Å². The van der Waals surface area contributed by atoms with Crippen molar-refractivity contribution in [2.75, 3.05) is 44.2 Å². The molecule has 1 atom stereocenters. The monoisotopic (exact) mass is 476 g/mol. The molecule has 6 amide bonds. The van der Waals surface area contributed by atoms with Gasteiger partial charge in [-0.15, -0.1) is 0 Å². The van der Waals surface area contributed by atoms with E-state index in [4.69, 9.17) is 0 Å². The largest absolute Gasteiger partial charge is 0.367 e. The smallest absolute Gasteiger partial charge is 0.320 e. The normalized spacial score (nSPS) is 23.0. The van der Waals surface area contributed by atoms with Crippen LogP contribution in [0.25, 0.3) is 0 Å². The van der Waals surface area contributed by atoms with E-state index in [9.17, 15) is 28.0 Å². The van der Waals surface area contributed by atoms with Gasteiger partial charge in [0.1, 0.15) is 11.6 Å². The zero-order valence-electron chi connectivity index (χ0n) is 18.5. The molecule has 0 saturated carbocycles. The SMILES string of the molecule is O=C1CCC(c2c(F)cc(N3CC(NC(=O)NC4CN(C(=O)N5CCC5)C4)C3)cc2F)C(=O)N1. The van der Waals surface area contributed by atoms with Crippen molar-refractivity contribution in [1.29, 1.82) is 0 Å². The number of hydrogen-bond donors (Lipinski definition) is 3. The summed E-state index contributed by atoms with van der Waals surface area (Å²) in [5.41, 5.74) is -0.00546. The van der Waals surface area contributed by atoms with E-state index < -0.39 is 29.4 Å². The van der Waals surface area contributed by atoms with Gasteiger partial charge in [0.2, 0.25) is 11.8 Å². The van der Waals surface area contributed by atoms with E-state index in [2.05, 4.69) is 16.0 Å². The highest BCUT2D eigenvalue weighted by Crippen LogP contribution is 2.33. The van der Waals surface area contributed by atoms with Crippen LogP contribution in [0.2, 0.25) is 0 Å². The molecule has 0 radical (unpaired) electrons. The standard InChI is InChI=1S/C22H26F2N6O4/c23-16-6-14(7-17(24)19(16)15-2-3-18(31)27-20(15)32)29-8-12(9-29)25-21(33)26-13-10-30(11-13)22(34)28-4-1-5-28/h6-7,12-13,15H,1-5,8-11H2,(H2,25,26,33)(H,27,31,32). The number of nitrogens with zero attached hydrogens (tertiary/aromatic N) is 3. The molecule has 10 nitrogen and oxygen atoms in total. The van der Waals surface area contributed by atoms with Gasteiger partial charge in [0.25, 0.3) is 0 Å². The third-order valence-corrected chi connectivity index (χ3v) is 6.85. The summed E-state index contributed by atoms with van der Waals surface area (Å²) in [5.74, 6) is -3.84. The van der Waals surface area contributed by atoms with Gasteiger partial charge in [0.05, 0.1) is 18.0 Å². The Morgan fingerprint density at radius 1 is 0.941 bits per heavy atom. The fraction of sp³-hybridized carbons (Fsp3) is 0.545. The zero-order chi connectivity index (χ0) is 24.0. The van der Waals surface area contributed by atoms with Crippen molar-refractivity contribution in [2.24, 2.45) is 0 Å². The van der Waals surface area contributed by atoms with E-state index in [1.54, 1.807) is 14.7 Å². The van der Waals surface area contributed by atoms with Gasteiger partial charge in [0, 0.05) is 56.9 Å². The molecule has 1 aromatic carbocycles. The Balaban J connectivity index is 1.09. The molecule has 4 aliphatic heterocycles. The van der Waals surface area contributed by atoms with Crippen molar-refractivity contribution >= 4 is 29.6 Å². The van der Waals surface area contributed by atoms with Gasteiger partial charge in [-0.25, -0.2) is 18.4 Å². The average molecular weight is 476 g/mol. The molecule has 4 heterocycles. The van der Waals surface area contributed by atoms with Gasteiger partial charge in [-0.05, 0) is 25.0 Å². The summed E-state index contributed by atoms with van der Waals surface area (Å²) in [6.45, 7) is 3.32. The lowest BCUT2D eigenvalue weighted by Crippen LogP contribution is -2.67. The van der Waals surface area contributed by atoms with E-state index in [0.29, 0.717) is 31.9 Å². The highest BCUT2D eigenvalue weighted by molar-refractivity contribution is 6.01. The molecule has 182 valence electrons. The number of urea groups is 2. The Morgan fingerprint density at radius 3 is 2.12 bits per heavy atom. The molecule has 4 fully saturated rings. The van der Waals surface area contributed by atoms with E-state index in [1.165, 1.54) is 12.1 Å². The quantitative estimate of drug-likeness (QED) is 0.547. The fourth-order valence-electron chi connectivity index (χ4n) is 4.68. The minimum Gasteiger partial charge on any atom is -0.367 e. The number of amides is 6. The van der Waals surface area contributed by atoms with Gasteiger partial charge in [-0.2, -0.15) is 0 Å². The second-order valence-corrected chi connectivity index (χ2v) is 9.27. The average Bonchev–Trinajstić information content (AvgIpc) is 2.66. The maximum absolute atomic E-state index is 14.7. The molecule has 0 aromatic heterocycles. The molecule has 34 heavy (non-hydrogen) atoms. The summed E-state index contributed by atoms with van der Waals surface area (Å²) < 4.78 is 29.4. The minimum atomic E-state index is -1.04. The van der Waals surface area contributed by atoms with Gasteiger partial charge in [-0.3, -0.25) is 14.9 Å². The summed E-state index contributed by atoms with van der Waals surface area (Å²) in [6, 6.07) is 1.76. The minimum absolute atomic E-state index is 0.0161. The lowest BCUT2D eigenvalue weighted by Gasteiger charge is -2.45. The number of halogens is 2. The number of rotatable bonds is 4. The van der Waals surface area contributed by atoms with Crippen LogP contribution in [0, 0.1) is 11.6 Å². The molecular formula is C22H26F2N6O4. The Morgan fingerprint density at radius 2 is 1.56 bits per heavy atom. The van der Waals surface area contributed by atoms with E-state index in [-0.39, 0.29) is 42.6 Å². The van der Waals surface area contributed by atoms with Crippen molar-refractivity contribution < 1.29 is 28.0 Å². The number of likely N-dealkylation sites (tertiary alicyclic amines) is 2. The Kier molecular flexibility index (Phi) is 5.74. The number of imide groups is 1. The number of carbonyl (C=O) groups excluding carboxylic acids is 4. The summed E-state index contributed by atoms with van der Waals surface area (Å²) >= 11 is 0. The molecule has 1 aromatic rings. The molecule has 12 heteroatoms. The Hall–Kier alpha value is -3.44. The highest BCUT2D eigenvalue weighted by atomic mass is 19.1. The van der Waals surface area contributed by atoms with Gasteiger partial charge in [-0.1, -0.05) is 0 Å². The number of carbonyl (C=O) groups is 4. The molecule has 4 saturated heterocycles. The fourth-order valence-corrected chi connectivity index (χ4v) is 4.68. The molecule has 5 rings (SSSR count). The van der Waals surface area contributed by atoms with E-state index >= 15 is 0 Å². The first-order chi connectivity index (χ1) is 16.3. The number of nitrogens with one attached hydrogen (secondary N) is 3. The predicted molar refractivity (Wildman–Crippen MR) is 116 cm³/mol. The lowest BCUT2D eigenvalue weighted by molar-refractivity contribution is -0.134. The van der Waals surface area contributed by atoms with Crippen LogP contribution >= 0.6 is 0 Å². The Bertz CT molecular complexity index is 1010. The molecule has 1 unspecified atom stereocenters. The van der Waals surface area contributed by atoms with Gasteiger partial charge >= 0.3 is 12.1 Å². The second kappa shape index (κ2) is 8.73. The second-order valence-electron chi connectivity index (χ2n) is 9.27. The van der Waals surface area contributed by atoms with Crippen LogP contribution < -0.4 is 20.9 Å². The number of piperidine rings is 1. The molecule has 0 aliphatic carbocycles. The molecule has 3 N–H and O–H groups in total. The third-order valence-electron chi connectivity index (χ3n) is 6.85. The van der Waals surface area contributed by atoms with Crippen molar-refractivity contribution in [2.45, 2.75) is 37.3 Å². The maximum atomic E-state index is 14.7. The summed E-state index contributed by atoms with van der Waals surface area (Å²) in [7, 11) is 0. The number of anilines is 1. The van der Waals surface area contributed by atoms with Crippen molar-refractivity contribution in [3.63, 3.8) is 0 Å². The molecular weight excluding hydrogens is 450 g/mol. The summed E-state index contributed by atoms with van der Waals surface area (Å²) in [4.78, 5) is 52.8. The van der Waals surface area contributed by atoms with Crippen LogP contribution in [0.5, 0.6) is 0 Å². The van der Waals surface area contributed by atoms with Gasteiger partial charge in [0.15, 0.2) is 0 Å². The summed E-state index contributed by atoms with van der Waals surface area (Å²) in [5, 5.41) is 7.78. The first kappa shape index (κ1) is 22.4. The maximum Gasteiger partial charge on any atom is 0.320 e. The van der Waals surface area contributed by atoms with Gasteiger partial charge < -0.3 is 25.3 Å². The van der Waals surface area contributed by atoms with Crippen molar-refractivity contribution in [3.8, 4) is 0 Å².